The van der Waals surface area contributed by atoms with Gasteiger partial charge in [-0.15, -0.1) is 10.2 Å². The molecule has 2 heterocycles. The number of rotatable bonds is 3. The molecule has 0 atom stereocenters. The summed E-state index contributed by atoms with van der Waals surface area (Å²) in [7, 11) is 0. The topological polar surface area (TPSA) is 124 Å². The number of halogens is 3. The molecule has 1 aromatic carbocycles. The Morgan fingerprint density at radius 3 is 2.17 bits per heavy atom. The van der Waals surface area contributed by atoms with Crippen LogP contribution in [0.2, 0.25) is 15.6 Å². The molecule has 3 N–H and O–H groups in total. The highest BCUT2D eigenvalue weighted by Gasteiger charge is 2.22. The van der Waals surface area contributed by atoms with Crippen LogP contribution in [0.4, 0.5) is 11.6 Å². The van der Waals surface area contributed by atoms with Crippen molar-refractivity contribution in [3.05, 3.63) is 55.9 Å². The second kappa shape index (κ2) is 10.3. The van der Waals surface area contributed by atoms with Crippen molar-refractivity contribution in [3.63, 3.8) is 0 Å². The van der Waals surface area contributed by atoms with Crippen molar-refractivity contribution >= 4 is 58.2 Å². The standard InChI is InChI=1S/C9H5Cl3N4.C8H14N4OS/c10-5-3-1-2-4-6(5)13-9-15-7(11)14-8(12)16-9;1-8(2,3)5-6(13)12(9)7(14-4)11-10-5/h1-4H,(H,13,14,15,16);9H2,1-4H3. The van der Waals surface area contributed by atoms with Crippen LogP contribution in [0.25, 0.3) is 0 Å². The summed E-state index contributed by atoms with van der Waals surface area (Å²) in [4.78, 5) is 23.1. The maximum absolute atomic E-state index is 11.7. The van der Waals surface area contributed by atoms with Crippen molar-refractivity contribution in [3.8, 4) is 0 Å². The summed E-state index contributed by atoms with van der Waals surface area (Å²) < 4.78 is 1.04. The van der Waals surface area contributed by atoms with Gasteiger partial charge in [0.1, 0.15) is 5.69 Å². The number of thioether (sulfide) groups is 1. The molecule has 2 aromatic heterocycles. The van der Waals surface area contributed by atoms with E-state index in [1.807, 2.05) is 32.9 Å². The Morgan fingerprint density at radius 1 is 1.03 bits per heavy atom. The van der Waals surface area contributed by atoms with E-state index in [0.717, 1.165) is 4.68 Å². The van der Waals surface area contributed by atoms with Crippen molar-refractivity contribution < 1.29 is 0 Å². The third-order valence-corrected chi connectivity index (χ3v) is 4.77. The highest BCUT2D eigenvalue weighted by Crippen LogP contribution is 2.23. The minimum absolute atomic E-state index is 0.0227. The Morgan fingerprint density at radius 2 is 1.63 bits per heavy atom. The molecule has 9 nitrogen and oxygen atoms in total. The third kappa shape index (κ3) is 6.43. The van der Waals surface area contributed by atoms with Gasteiger partial charge in [-0.1, -0.05) is 56.3 Å². The van der Waals surface area contributed by atoms with Gasteiger partial charge in [0.15, 0.2) is 0 Å². The molecule has 0 aliphatic carbocycles. The van der Waals surface area contributed by atoms with Crippen molar-refractivity contribution in [2.24, 2.45) is 0 Å². The molecule has 0 amide bonds. The quantitative estimate of drug-likeness (QED) is 0.415. The Kier molecular flexibility index (Phi) is 8.25. The van der Waals surface area contributed by atoms with E-state index in [1.54, 1.807) is 18.4 Å². The SMILES string of the molecule is CSc1nnc(C(C)(C)C)c(=O)n1N.Clc1nc(Cl)nc(Nc2ccccc2Cl)n1. The number of nitrogens with two attached hydrogens (primary N) is 1. The van der Waals surface area contributed by atoms with Gasteiger partial charge in [-0.05, 0) is 41.6 Å². The first-order valence-electron chi connectivity index (χ1n) is 8.41. The molecule has 13 heteroatoms. The number of nitrogens with zero attached hydrogens (tertiary/aromatic N) is 6. The summed E-state index contributed by atoms with van der Waals surface area (Å²) in [5.74, 6) is 5.82. The number of hydrogen-bond donors (Lipinski definition) is 2. The highest BCUT2D eigenvalue weighted by atomic mass is 35.5. The van der Waals surface area contributed by atoms with Crippen molar-refractivity contribution in [2.75, 3.05) is 17.4 Å². The maximum Gasteiger partial charge on any atom is 0.295 e. The molecule has 0 fully saturated rings. The third-order valence-electron chi connectivity index (χ3n) is 3.46. The normalized spacial score (nSPS) is 10.9. The van der Waals surface area contributed by atoms with Gasteiger partial charge in [0, 0.05) is 5.41 Å². The van der Waals surface area contributed by atoms with Gasteiger partial charge in [-0.3, -0.25) is 4.79 Å². The maximum atomic E-state index is 11.7. The Hall–Kier alpha value is -2.14. The number of nitrogen functional groups attached to an aromatic ring is 1. The molecular weight excluding hydrogens is 471 g/mol. The Balaban J connectivity index is 0.000000216. The van der Waals surface area contributed by atoms with Crippen LogP contribution in [0.1, 0.15) is 26.5 Å². The van der Waals surface area contributed by atoms with Crippen molar-refractivity contribution in [1.82, 2.24) is 29.8 Å². The van der Waals surface area contributed by atoms with Crippen molar-refractivity contribution in [1.29, 1.82) is 0 Å². The lowest BCUT2D eigenvalue weighted by Gasteiger charge is -2.16. The largest absolute Gasteiger partial charge is 0.334 e. The highest BCUT2D eigenvalue weighted by molar-refractivity contribution is 7.98. The van der Waals surface area contributed by atoms with Crippen LogP contribution in [0.3, 0.4) is 0 Å². The zero-order valence-electron chi connectivity index (χ0n) is 16.5. The summed E-state index contributed by atoms with van der Waals surface area (Å²) in [5.41, 5.74) is 0.444. The zero-order valence-corrected chi connectivity index (χ0v) is 19.6. The Bertz CT molecular complexity index is 1070. The number of aromatic nitrogens is 6. The summed E-state index contributed by atoms with van der Waals surface area (Å²) in [6, 6.07) is 7.18. The average molecular weight is 490 g/mol. The van der Waals surface area contributed by atoms with E-state index in [0.29, 0.717) is 21.6 Å². The van der Waals surface area contributed by atoms with Crippen LogP contribution >= 0.6 is 46.6 Å². The van der Waals surface area contributed by atoms with Crippen LogP contribution < -0.4 is 16.7 Å². The van der Waals surface area contributed by atoms with Gasteiger partial charge in [-0.2, -0.15) is 19.6 Å². The van der Waals surface area contributed by atoms with Gasteiger partial charge in [0.25, 0.3) is 5.56 Å². The summed E-state index contributed by atoms with van der Waals surface area (Å²) in [6.07, 6.45) is 1.80. The molecule has 0 radical (unpaired) electrons. The summed E-state index contributed by atoms with van der Waals surface area (Å²) in [5, 5.41) is 11.7. The van der Waals surface area contributed by atoms with Gasteiger partial charge in [0.2, 0.25) is 21.7 Å². The van der Waals surface area contributed by atoms with Gasteiger partial charge < -0.3 is 11.2 Å². The van der Waals surface area contributed by atoms with Crippen LogP contribution in [-0.4, -0.2) is 36.1 Å². The second-order valence-electron chi connectivity index (χ2n) is 6.76. The summed E-state index contributed by atoms with van der Waals surface area (Å²) >= 11 is 18.5. The fourth-order valence-corrected chi connectivity index (χ4v) is 3.01. The number of hydrogen-bond acceptors (Lipinski definition) is 9. The molecule has 3 rings (SSSR count). The molecule has 0 saturated heterocycles. The number of anilines is 2. The number of para-hydroxylation sites is 1. The minimum Gasteiger partial charge on any atom is -0.334 e. The first kappa shape index (κ1) is 24.1. The van der Waals surface area contributed by atoms with Crippen LogP contribution in [0, 0.1) is 0 Å². The molecule has 160 valence electrons. The lowest BCUT2D eigenvalue weighted by Crippen LogP contribution is -2.37. The van der Waals surface area contributed by atoms with E-state index >= 15 is 0 Å². The fourth-order valence-electron chi connectivity index (χ4n) is 2.06. The first-order chi connectivity index (χ1) is 14.0. The molecule has 3 aromatic rings. The monoisotopic (exact) mass is 488 g/mol. The van der Waals surface area contributed by atoms with E-state index < -0.39 is 0 Å². The molecule has 0 aliphatic rings. The fraction of sp³-hybridized carbons (Fsp3) is 0.294. The molecule has 30 heavy (non-hydrogen) atoms. The van der Waals surface area contributed by atoms with Gasteiger partial charge >= 0.3 is 0 Å². The zero-order chi connectivity index (χ0) is 22.5. The molecule has 0 spiro atoms. The van der Waals surface area contributed by atoms with Crippen LogP contribution in [0.5, 0.6) is 0 Å². The minimum atomic E-state index is -0.331. The second-order valence-corrected chi connectivity index (χ2v) is 8.62. The number of nitrogens with one attached hydrogen (secondary N) is 1. The Labute approximate surface area is 192 Å². The lowest BCUT2D eigenvalue weighted by molar-refractivity contribution is 0.520. The van der Waals surface area contributed by atoms with E-state index in [-0.39, 0.29) is 27.5 Å². The predicted molar refractivity (Wildman–Crippen MR) is 122 cm³/mol. The van der Waals surface area contributed by atoms with E-state index in [2.05, 4.69) is 30.5 Å². The number of benzene rings is 1. The molecule has 0 aliphatic heterocycles. The van der Waals surface area contributed by atoms with Crippen molar-refractivity contribution in [2.45, 2.75) is 31.3 Å². The molecule has 0 bridgehead atoms. The van der Waals surface area contributed by atoms with Crippen LogP contribution in [-0.2, 0) is 5.41 Å². The smallest absolute Gasteiger partial charge is 0.295 e. The first-order valence-corrected chi connectivity index (χ1v) is 10.8. The van der Waals surface area contributed by atoms with Crippen LogP contribution in [0.15, 0.2) is 34.2 Å². The lowest BCUT2D eigenvalue weighted by atomic mass is 9.93. The predicted octanol–water partition coefficient (Wildman–Crippen LogP) is 3.95. The average Bonchev–Trinajstić information content (AvgIpc) is 2.64. The van der Waals surface area contributed by atoms with Gasteiger partial charge in [-0.25, -0.2) is 0 Å². The molecular formula is C17H19Cl3N8OS. The van der Waals surface area contributed by atoms with E-state index in [4.69, 9.17) is 40.6 Å². The summed E-state index contributed by atoms with van der Waals surface area (Å²) in [6.45, 7) is 5.70. The van der Waals surface area contributed by atoms with Gasteiger partial charge in [0.05, 0.1) is 10.7 Å². The van der Waals surface area contributed by atoms with E-state index in [9.17, 15) is 4.79 Å². The van der Waals surface area contributed by atoms with E-state index in [1.165, 1.54) is 11.8 Å². The molecule has 0 saturated carbocycles. The molecule has 0 unspecified atom stereocenters.